The molecular weight excluding hydrogens is 348 g/mol. The largest absolute Gasteiger partial charge is 0.355 e. The van der Waals surface area contributed by atoms with Gasteiger partial charge in [0.15, 0.2) is 5.65 Å². The van der Waals surface area contributed by atoms with Crippen LogP contribution in [0.1, 0.15) is 23.3 Å². The zero-order valence-electron chi connectivity index (χ0n) is 14.4. The van der Waals surface area contributed by atoms with Gasteiger partial charge in [-0.1, -0.05) is 0 Å². The molecule has 0 unspecified atom stereocenters. The summed E-state index contributed by atoms with van der Waals surface area (Å²) in [5.74, 6) is 1.37. The number of rotatable bonds is 2. The number of carbonyl (C=O) groups is 1. The molecule has 7 nitrogen and oxygen atoms in total. The number of nitrogens with zero attached hydrogens (tertiary/aromatic N) is 6. The first-order valence-corrected chi connectivity index (χ1v) is 9.92. The van der Waals surface area contributed by atoms with Crippen LogP contribution in [0.2, 0.25) is 0 Å². The van der Waals surface area contributed by atoms with E-state index in [1.165, 1.54) is 10.4 Å². The van der Waals surface area contributed by atoms with Gasteiger partial charge in [0.25, 0.3) is 0 Å². The van der Waals surface area contributed by atoms with Gasteiger partial charge >= 0.3 is 0 Å². The summed E-state index contributed by atoms with van der Waals surface area (Å²) < 4.78 is 1.69. The summed E-state index contributed by atoms with van der Waals surface area (Å²) in [4.78, 5) is 18.7. The summed E-state index contributed by atoms with van der Waals surface area (Å²) in [6, 6.07) is 6.07. The lowest BCUT2D eigenvalue weighted by Gasteiger charge is -2.36. The van der Waals surface area contributed by atoms with E-state index in [0.717, 1.165) is 56.9 Å². The average molecular weight is 368 g/mol. The maximum atomic E-state index is 12.9. The van der Waals surface area contributed by atoms with Gasteiger partial charge in [-0.05, 0) is 48.4 Å². The maximum absolute atomic E-state index is 12.9. The summed E-state index contributed by atoms with van der Waals surface area (Å²) in [5.41, 5.74) is 2.08. The Morgan fingerprint density at radius 1 is 1.15 bits per heavy atom. The van der Waals surface area contributed by atoms with E-state index in [1.807, 2.05) is 23.5 Å². The molecule has 0 aliphatic carbocycles. The summed E-state index contributed by atoms with van der Waals surface area (Å²) in [7, 11) is 0. The van der Waals surface area contributed by atoms with Crippen LogP contribution in [-0.4, -0.2) is 50.3 Å². The molecule has 0 bridgehead atoms. The molecule has 1 amide bonds. The van der Waals surface area contributed by atoms with Crippen LogP contribution in [0.25, 0.3) is 5.65 Å². The Hall–Kier alpha value is -2.48. The fraction of sp³-hybridized carbons (Fsp3) is 0.444. The number of thiophene rings is 1. The number of aromatic nitrogens is 4. The Morgan fingerprint density at radius 2 is 2.04 bits per heavy atom. The molecule has 3 aromatic rings. The van der Waals surface area contributed by atoms with Crippen molar-refractivity contribution in [1.82, 2.24) is 24.7 Å². The first-order valence-electron chi connectivity index (χ1n) is 9.04. The van der Waals surface area contributed by atoms with E-state index in [0.29, 0.717) is 5.91 Å². The van der Waals surface area contributed by atoms with Crippen LogP contribution >= 0.6 is 11.3 Å². The number of hydrogen-bond acceptors (Lipinski definition) is 6. The predicted molar refractivity (Wildman–Crippen MR) is 99.2 cm³/mol. The maximum Gasteiger partial charge on any atom is 0.226 e. The average Bonchev–Trinajstić information content (AvgIpc) is 3.35. The molecule has 0 N–H and O–H groups in total. The van der Waals surface area contributed by atoms with Crippen molar-refractivity contribution in [1.29, 1.82) is 0 Å². The Balaban J connectivity index is 1.23. The minimum Gasteiger partial charge on any atom is -0.355 e. The van der Waals surface area contributed by atoms with Gasteiger partial charge in [0.2, 0.25) is 5.91 Å². The molecule has 0 atom stereocenters. The fourth-order valence-electron chi connectivity index (χ4n) is 3.94. The van der Waals surface area contributed by atoms with Gasteiger partial charge in [-0.3, -0.25) is 4.79 Å². The lowest BCUT2D eigenvalue weighted by atomic mass is 9.94. The van der Waals surface area contributed by atoms with Crippen LogP contribution in [0.5, 0.6) is 0 Å². The number of piperidine rings is 1. The standard InChI is InChI=1S/C18H20N6OS/c25-18(23-9-5-15-14(11-23)6-10-26-15)13-3-7-22(8-4-13)17-2-1-16-20-19-12-24(16)21-17/h1-2,6,10,12-13H,3-5,7-9,11H2. The monoisotopic (exact) mass is 368 g/mol. The molecular formula is C18H20N6OS. The molecule has 2 aliphatic heterocycles. The van der Waals surface area contributed by atoms with Crippen LogP contribution < -0.4 is 4.90 Å². The number of fused-ring (bicyclic) bond motifs is 2. The summed E-state index contributed by atoms with van der Waals surface area (Å²) >= 11 is 1.81. The lowest BCUT2D eigenvalue weighted by molar-refractivity contribution is -0.137. The van der Waals surface area contributed by atoms with Crippen LogP contribution in [-0.2, 0) is 17.8 Å². The van der Waals surface area contributed by atoms with E-state index in [4.69, 9.17) is 0 Å². The van der Waals surface area contributed by atoms with E-state index in [-0.39, 0.29) is 5.92 Å². The molecule has 5 rings (SSSR count). The van der Waals surface area contributed by atoms with Crippen molar-refractivity contribution < 1.29 is 4.79 Å². The third-order valence-electron chi connectivity index (χ3n) is 5.44. The molecule has 0 radical (unpaired) electrons. The summed E-state index contributed by atoms with van der Waals surface area (Å²) in [5, 5.41) is 14.6. The second-order valence-electron chi connectivity index (χ2n) is 6.97. The van der Waals surface area contributed by atoms with Crippen molar-refractivity contribution in [2.45, 2.75) is 25.8 Å². The normalized spacial score (nSPS) is 18.3. The number of hydrogen-bond donors (Lipinski definition) is 0. The van der Waals surface area contributed by atoms with E-state index < -0.39 is 0 Å². The first kappa shape index (κ1) is 15.7. The second kappa shape index (κ2) is 6.35. The highest BCUT2D eigenvalue weighted by Gasteiger charge is 2.31. The zero-order valence-corrected chi connectivity index (χ0v) is 15.2. The van der Waals surface area contributed by atoms with E-state index in [2.05, 4.69) is 36.5 Å². The van der Waals surface area contributed by atoms with Gasteiger partial charge in [0, 0.05) is 37.0 Å². The summed E-state index contributed by atoms with van der Waals surface area (Å²) in [6.07, 6.45) is 4.38. The topological polar surface area (TPSA) is 66.6 Å². The van der Waals surface area contributed by atoms with Crippen LogP contribution in [0.4, 0.5) is 5.82 Å². The number of carbonyl (C=O) groups excluding carboxylic acids is 1. The molecule has 3 aromatic heterocycles. The molecule has 2 aliphatic rings. The highest BCUT2D eigenvalue weighted by Crippen LogP contribution is 2.28. The van der Waals surface area contributed by atoms with Crippen molar-refractivity contribution in [2.75, 3.05) is 24.5 Å². The quantitative estimate of drug-likeness (QED) is 0.692. The predicted octanol–water partition coefficient (Wildman–Crippen LogP) is 1.99. The Morgan fingerprint density at radius 3 is 2.92 bits per heavy atom. The first-order chi connectivity index (χ1) is 12.8. The van der Waals surface area contributed by atoms with Crippen molar-refractivity contribution in [2.24, 2.45) is 5.92 Å². The molecule has 5 heterocycles. The molecule has 1 fully saturated rings. The van der Waals surface area contributed by atoms with Crippen molar-refractivity contribution >= 4 is 28.7 Å². The lowest BCUT2D eigenvalue weighted by Crippen LogP contribution is -2.44. The Kier molecular flexibility index (Phi) is 3.85. The minimum absolute atomic E-state index is 0.130. The van der Waals surface area contributed by atoms with Crippen LogP contribution in [0.15, 0.2) is 29.9 Å². The Bertz CT molecular complexity index is 942. The minimum atomic E-state index is 0.130. The van der Waals surface area contributed by atoms with Gasteiger partial charge in [0.1, 0.15) is 12.1 Å². The molecule has 0 spiro atoms. The number of anilines is 1. The molecule has 0 saturated carbocycles. The smallest absolute Gasteiger partial charge is 0.226 e. The van der Waals surface area contributed by atoms with E-state index in [1.54, 1.807) is 10.8 Å². The van der Waals surface area contributed by atoms with Crippen molar-refractivity contribution in [3.63, 3.8) is 0 Å². The molecule has 8 heteroatoms. The van der Waals surface area contributed by atoms with Gasteiger partial charge in [-0.25, -0.2) is 0 Å². The summed E-state index contributed by atoms with van der Waals surface area (Å²) in [6.45, 7) is 3.35. The fourth-order valence-corrected chi connectivity index (χ4v) is 4.83. The van der Waals surface area contributed by atoms with Crippen LogP contribution in [0, 0.1) is 5.92 Å². The van der Waals surface area contributed by atoms with E-state index in [9.17, 15) is 4.79 Å². The highest BCUT2D eigenvalue weighted by atomic mass is 32.1. The van der Waals surface area contributed by atoms with Gasteiger partial charge in [0.05, 0.1) is 0 Å². The molecule has 1 saturated heterocycles. The van der Waals surface area contributed by atoms with Crippen molar-refractivity contribution in [3.8, 4) is 0 Å². The second-order valence-corrected chi connectivity index (χ2v) is 7.97. The van der Waals surface area contributed by atoms with Crippen molar-refractivity contribution in [3.05, 3.63) is 40.3 Å². The third-order valence-corrected chi connectivity index (χ3v) is 6.46. The van der Waals surface area contributed by atoms with Gasteiger partial charge in [-0.2, -0.15) is 4.52 Å². The third kappa shape index (κ3) is 2.74. The van der Waals surface area contributed by atoms with E-state index >= 15 is 0 Å². The number of amides is 1. The highest BCUT2D eigenvalue weighted by molar-refractivity contribution is 7.10. The van der Waals surface area contributed by atoms with Crippen LogP contribution in [0.3, 0.4) is 0 Å². The van der Waals surface area contributed by atoms with Gasteiger partial charge < -0.3 is 9.80 Å². The molecule has 134 valence electrons. The SMILES string of the molecule is O=C(C1CCN(c2ccc3nncn3n2)CC1)N1CCc2sccc2C1. The molecule has 26 heavy (non-hydrogen) atoms. The zero-order chi connectivity index (χ0) is 17.5. The van der Waals surface area contributed by atoms with Gasteiger partial charge in [-0.15, -0.1) is 26.6 Å². The molecule has 0 aromatic carbocycles. The Labute approximate surface area is 155 Å².